The van der Waals surface area contributed by atoms with E-state index in [-0.39, 0.29) is 11.5 Å². The number of carboxylic acids is 1. The second-order valence-corrected chi connectivity index (χ2v) is 5.54. The Kier molecular flexibility index (Phi) is 5.50. The number of nitrogens with zero attached hydrogens (tertiary/aromatic N) is 1. The molecule has 2 amide bonds. The van der Waals surface area contributed by atoms with Crippen LogP contribution in [-0.2, 0) is 9.59 Å². The Balaban J connectivity index is 2.25. The molecule has 0 N–H and O–H groups in total. The highest BCUT2D eigenvalue weighted by Gasteiger charge is 2.34. The van der Waals surface area contributed by atoms with Gasteiger partial charge in [0.05, 0.1) is 24.5 Å². The number of thioether (sulfide) groups is 1. The smallest absolute Gasteiger partial charge is 0.293 e. The molecule has 1 heterocycles. The minimum atomic E-state index is -1.50. The number of rotatable bonds is 6. The summed E-state index contributed by atoms with van der Waals surface area (Å²) < 4.78 is 10.5. The molecular weight excluding hydrogens is 334 g/mol. The van der Waals surface area contributed by atoms with Gasteiger partial charge >= 0.3 is 0 Å². The van der Waals surface area contributed by atoms with Gasteiger partial charge in [-0.2, -0.15) is 0 Å². The van der Waals surface area contributed by atoms with Gasteiger partial charge in [-0.1, -0.05) is 12.0 Å². The molecule has 0 atom stereocenters. The van der Waals surface area contributed by atoms with Gasteiger partial charge in [0.1, 0.15) is 6.61 Å². The van der Waals surface area contributed by atoms with Crippen molar-refractivity contribution in [3.8, 4) is 23.8 Å². The van der Waals surface area contributed by atoms with Crippen molar-refractivity contribution in [3.05, 3.63) is 28.7 Å². The summed E-state index contributed by atoms with van der Waals surface area (Å²) in [6.07, 6.45) is 6.60. The molecule has 0 aromatic heterocycles. The normalized spacial score (nSPS) is 15.5. The molecule has 8 heteroatoms. The fraction of sp³-hybridized carbons (Fsp3) is 0.188. The Morgan fingerprint density at radius 3 is 2.79 bits per heavy atom. The number of methoxy groups -OCH3 is 1. The van der Waals surface area contributed by atoms with E-state index < -0.39 is 23.7 Å². The molecule has 7 nitrogen and oxygen atoms in total. The fourth-order valence-corrected chi connectivity index (χ4v) is 2.77. The predicted octanol–water partition coefficient (Wildman–Crippen LogP) is 0.493. The number of imide groups is 1. The van der Waals surface area contributed by atoms with Crippen molar-refractivity contribution in [1.29, 1.82) is 0 Å². The van der Waals surface area contributed by atoms with E-state index in [0.29, 0.717) is 33.7 Å². The molecule has 1 aromatic rings. The van der Waals surface area contributed by atoms with Crippen LogP contribution < -0.4 is 14.6 Å². The second-order valence-electron chi connectivity index (χ2n) is 4.54. The zero-order valence-corrected chi connectivity index (χ0v) is 13.4. The third-order valence-electron chi connectivity index (χ3n) is 2.96. The number of ether oxygens (including phenoxy) is 2. The lowest BCUT2D eigenvalue weighted by Crippen LogP contribution is -2.40. The average molecular weight is 346 g/mol. The topological polar surface area (TPSA) is 96.0 Å². The third kappa shape index (κ3) is 3.88. The average Bonchev–Trinajstić information content (AvgIpc) is 2.80. The summed E-state index contributed by atoms with van der Waals surface area (Å²) in [5, 5.41) is 9.93. The van der Waals surface area contributed by atoms with Gasteiger partial charge < -0.3 is 19.4 Å². The molecule has 0 unspecified atom stereocenters. The van der Waals surface area contributed by atoms with Crippen LogP contribution >= 0.6 is 11.8 Å². The minimum absolute atomic E-state index is 0.0812. The van der Waals surface area contributed by atoms with E-state index in [0.717, 1.165) is 0 Å². The first-order valence-electron chi connectivity index (χ1n) is 6.65. The van der Waals surface area contributed by atoms with Gasteiger partial charge in [0.15, 0.2) is 11.5 Å². The first kappa shape index (κ1) is 17.4. The number of carboxylic acid groups (broad SMARTS) is 1. The van der Waals surface area contributed by atoms with Crippen LogP contribution in [0.3, 0.4) is 0 Å². The Morgan fingerprint density at radius 2 is 2.17 bits per heavy atom. The molecule has 0 saturated carbocycles. The quantitative estimate of drug-likeness (QED) is 0.546. The Morgan fingerprint density at radius 1 is 1.42 bits per heavy atom. The van der Waals surface area contributed by atoms with Gasteiger partial charge in [-0.25, -0.2) is 0 Å². The van der Waals surface area contributed by atoms with Crippen molar-refractivity contribution in [3.63, 3.8) is 0 Å². The second kappa shape index (κ2) is 7.57. The zero-order valence-electron chi connectivity index (χ0n) is 12.6. The SMILES string of the molecule is C#CCOc1ccc(/C=C2/SC(=O)N(CC(=O)[O-])C2=O)cc1OC. The molecule has 1 aromatic carbocycles. The van der Waals surface area contributed by atoms with E-state index in [4.69, 9.17) is 15.9 Å². The summed E-state index contributed by atoms with van der Waals surface area (Å²) in [5.41, 5.74) is 0.582. The molecule has 1 fully saturated rings. The number of carbonyl (C=O) groups excluding carboxylic acids is 3. The number of amides is 2. The summed E-state index contributed by atoms with van der Waals surface area (Å²) in [7, 11) is 1.45. The minimum Gasteiger partial charge on any atom is -0.548 e. The van der Waals surface area contributed by atoms with Gasteiger partial charge in [0.25, 0.3) is 11.1 Å². The molecule has 0 radical (unpaired) electrons. The molecule has 0 spiro atoms. The van der Waals surface area contributed by atoms with Gasteiger partial charge in [0, 0.05) is 0 Å². The van der Waals surface area contributed by atoms with Crippen LogP contribution in [0.1, 0.15) is 5.56 Å². The summed E-state index contributed by atoms with van der Waals surface area (Å²) in [6.45, 7) is -0.692. The number of terminal acetylenes is 1. The molecule has 2 rings (SSSR count). The standard InChI is InChI=1S/C16H13NO6S/c1-3-6-23-11-5-4-10(7-12(11)22-2)8-13-15(20)17(9-14(18)19)16(21)24-13/h1,4-5,7-8H,6,9H2,2H3,(H,18,19)/p-1/b13-8+. The Bertz CT molecular complexity index is 764. The highest BCUT2D eigenvalue weighted by atomic mass is 32.2. The lowest BCUT2D eigenvalue weighted by atomic mass is 10.2. The van der Waals surface area contributed by atoms with E-state index in [1.807, 2.05) is 0 Å². The van der Waals surface area contributed by atoms with Gasteiger partial charge in [0.2, 0.25) is 0 Å². The summed E-state index contributed by atoms with van der Waals surface area (Å²) in [6, 6.07) is 4.88. The van der Waals surface area contributed by atoms with E-state index in [1.54, 1.807) is 18.2 Å². The van der Waals surface area contributed by atoms with E-state index in [1.165, 1.54) is 13.2 Å². The fourth-order valence-electron chi connectivity index (χ4n) is 1.93. The maximum absolute atomic E-state index is 12.1. The summed E-state index contributed by atoms with van der Waals surface area (Å²) in [5.74, 6) is 1.01. The van der Waals surface area contributed by atoms with Crippen LogP contribution in [0.15, 0.2) is 23.1 Å². The van der Waals surface area contributed by atoms with Crippen molar-refractivity contribution in [2.45, 2.75) is 0 Å². The summed E-state index contributed by atoms with van der Waals surface area (Å²) in [4.78, 5) is 35.1. The number of aliphatic carboxylic acids is 1. The molecule has 1 aliphatic rings. The Labute approximate surface area is 142 Å². The summed E-state index contributed by atoms with van der Waals surface area (Å²) >= 11 is 0.659. The maximum Gasteiger partial charge on any atom is 0.293 e. The molecule has 0 aliphatic carbocycles. The van der Waals surface area contributed by atoms with E-state index in [9.17, 15) is 19.5 Å². The maximum atomic E-state index is 12.1. The van der Waals surface area contributed by atoms with Crippen molar-refractivity contribution in [2.24, 2.45) is 0 Å². The van der Waals surface area contributed by atoms with Crippen molar-refractivity contribution >= 4 is 35.0 Å². The number of benzene rings is 1. The molecular formula is C16H12NO6S-. The highest BCUT2D eigenvalue weighted by Crippen LogP contribution is 2.34. The van der Waals surface area contributed by atoms with Crippen molar-refractivity contribution < 1.29 is 29.0 Å². The van der Waals surface area contributed by atoms with Crippen LogP contribution in [0, 0.1) is 12.3 Å². The van der Waals surface area contributed by atoms with Crippen LogP contribution in [0.4, 0.5) is 4.79 Å². The van der Waals surface area contributed by atoms with Gasteiger partial charge in [-0.05, 0) is 35.5 Å². The molecule has 0 bridgehead atoms. The van der Waals surface area contributed by atoms with Crippen molar-refractivity contribution in [1.82, 2.24) is 4.90 Å². The first-order chi connectivity index (χ1) is 11.5. The van der Waals surface area contributed by atoms with E-state index in [2.05, 4.69) is 5.92 Å². The Hall–Kier alpha value is -2.92. The monoisotopic (exact) mass is 346 g/mol. The predicted molar refractivity (Wildman–Crippen MR) is 85.0 cm³/mol. The largest absolute Gasteiger partial charge is 0.548 e. The van der Waals surface area contributed by atoms with Gasteiger partial charge in [-0.15, -0.1) is 6.42 Å². The lowest BCUT2D eigenvalue weighted by molar-refractivity contribution is -0.305. The van der Waals surface area contributed by atoms with Crippen molar-refractivity contribution in [2.75, 3.05) is 20.3 Å². The number of hydrogen-bond donors (Lipinski definition) is 0. The van der Waals surface area contributed by atoms with Crippen LogP contribution in [0.2, 0.25) is 0 Å². The zero-order chi connectivity index (χ0) is 17.7. The first-order valence-corrected chi connectivity index (χ1v) is 7.47. The van der Waals surface area contributed by atoms with Gasteiger partial charge in [-0.3, -0.25) is 14.5 Å². The molecule has 1 saturated heterocycles. The number of carbonyl (C=O) groups is 3. The highest BCUT2D eigenvalue weighted by molar-refractivity contribution is 8.18. The van der Waals surface area contributed by atoms with Crippen LogP contribution in [0.5, 0.6) is 11.5 Å². The van der Waals surface area contributed by atoms with Crippen LogP contribution in [-0.4, -0.2) is 42.3 Å². The third-order valence-corrected chi connectivity index (χ3v) is 3.86. The van der Waals surface area contributed by atoms with E-state index >= 15 is 0 Å². The molecule has 1 aliphatic heterocycles. The van der Waals surface area contributed by atoms with Crippen LogP contribution in [0.25, 0.3) is 6.08 Å². The molecule has 124 valence electrons. The number of hydrogen-bond acceptors (Lipinski definition) is 7. The molecule has 24 heavy (non-hydrogen) atoms. The lowest BCUT2D eigenvalue weighted by Gasteiger charge is -2.12.